The summed E-state index contributed by atoms with van der Waals surface area (Å²) in [4.78, 5) is 0. The van der Waals surface area contributed by atoms with Gasteiger partial charge >= 0.3 is 338 Å². The molecule has 0 N–H and O–H groups in total. The molecule has 0 amide bonds. The summed E-state index contributed by atoms with van der Waals surface area (Å²) >= 11 is -4.84. The van der Waals surface area contributed by atoms with E-state index in [1.807, 2.05) is 5.57 Å². The van der Waals surface area contributed by atoms with Gasteiger partial charge < -0.3 is 0 Å². The molecule has 0 aromatic heterocycles. The molecule has 4 atom stereocenters. The summed E-state index contributed by atoms with van der Waals surface area (Å²) in [6.45, 7) is 27.1. The molecule has 9 aliphatic carbocycles. The van der Waals surface area contributed by atoms with Gasteiger partial charge in [-0.15, -0.1) is 24.8 Å². The Hall–Kier alpha value is -1.53. The maximum absolute atomic E-state index is 6.14. The van der Waals surface area contributed by atoms with Crippen LogP contribution in [0.25, 0.3) is 5.57 Å². The van der Waals surface area contributed by atoms with Crippen molar-refractivity contribution in [3.05, 3.63) is 116 Å². The normalized spacial score (nSPS) is 38.9. The Balaban J connectivity index is 0.00000228. The van der Waals surface area contributed by atoms with Gasteiger partial charge in [-0.3, -0.25) is 0 Å². The van der Waals surface area contributed by atoms with E-state index in [4.69, 9.17) is 4.21 Å². The van der Waals surface area contributed by atoms with Crippen molar-refractivity contribution in [2.75, 3.05) is 0 Å². The van der Waals surface area contributed by atoms with E-state index in [9.17, 15) is 0 Å². The van der Waals surface area contributed by atoms with Crippen LogP contribution in [0.3, 0.4) is 0 Å². The van der Waals surface area contributed by atoms with E-state index in [1.54, 1.807) is 28.8 Å². The molecule has 9 aliphatic rings. The standard InChI is InChI=1S/C29H37.C17H23.C6H5.CH3.CH2.2ClH.Zr/c1-18-25-22-17-19-13-9-10-14-20(19)24(22)21-15-11-12-16-23(21)29(25,8)28(6,7)27(4,5)26(18,2)3;1-11-3-4-14(5-11)17(2)15-7-12-6-13(9-15)10-16(17)8-12;1-2-4-6-5-3-1;;;;;/h9-11,13-15,23H,12,16-17H2,1-8H3;4-5,11-13,15-16H,6-10H2,1-2H3;1-5H;1H3;1H2;2*1H;. The molecule has 11 rings (SSSR count). The van der Waals surface area contributed by atoms with Crippen molar-refractivity contribution in [3.8, 4) is 0 Å². The molecule has 0 heterocycles. The summed E-state index contributed by atoms with van der Waals surface area (Å²) in [6.07, 6.45) is 21.6. The second kappa shape index (κ2) is 12.8. The van der Waals surface area contributed by atoms with Crippen molar-refractivity contribution in [3.63, 3.8) is 0 Å². The fourth-order valence-corrected chi connectivity index (χ4v) is 35.8. The van der Waals surface area contributed by atoms with Gasteiger partial charge in [0.05, 0.1) is 0 Å². The van der Waals surface area contributed by atoms with Crippen molar-refractivity contribution in [1.82, 2.24) is 0 Å². The molecule has 306 valence electrons. The minimum atomic E-state index is -4.84. The fraction of sp³-hybridized carbons (Fsp3) is 0.574. The molecular formula is C54H72Cl2Zr. The molecule has 5 fully saturated rings. The molecule has 0 spiro atoms. The first-order valence-electron chi connectivity index (χ1n) is 22.5. The average molecular weight is 883 g/mol. The van der Waals surface area contributed by atoms with Crippen LogP contribution in [0.15, 0.2) is 104 Å². The third-order valence-corrected chi connectivity index (χ3v) is 40.4. The van der Waals surface area contributed by atoms with Gasteiger partial charge in [-0.1, -0.05) is 0 Å². The number of halogens is 2. The van der Waals surface area contributed by atoms with Gasteiger partial charge in [-0.05, 0) is 0 Å². The summed E-state index contributed by atoms with van der Waals surface area (Å²) in [5, 5.41) is 0. The zero-order chi connectivity index (χ0) is 39.0. The topological polar surface area (TPSA) is 0 Å². The molecule has 0 aliphatic heterocycles. The third-order valence-electron chi connectivity index (χ3n) is 21.6. The van der Waals surface area contributed by atoms with Gasteiger partial charge in [0.1, 0.15) is 0 Å². The van der Waals surface area contributed by atoms with E-state index >= 15 is 0 Å². The van der Waals surface area contributed by atoms with Crippen molar-refractivity contribution < 1.29 is 18.3 Å². The van der Waals surface area contributed by atoms with Gasteiger partial charge in [-0.2, -0.15) is 0 Å². The number of allylic oxidation sites excluding steroid dienone is 10. The van der Waals surface area contributed by atoms with Crippen molar-refractivity contribution in [2.45, 2.75) is 128 Å². The summed E-state index contributed by atoms with van der Waals surface area (Å²) in [7, 11) is 0. The monoisotopic (exact) mass is 880 g/mol. The first-order chi connectivity index (χ1) is 25.8. The molecule has 0 nitrogen and oxygen atoms in total. The predicted molar refractivity (Wildman–Crippen MR) is 248 cm³/mol. The predicted octanol–water partition coefficient (Wildman–Crippen LogP) is 14.8. The van der Waals surface area contributed by atoms with Crippen LogP contribution in [0.2, 0.25) is 7.75 Å². The number of fused-ring (bicyclic) bond motifs is 6. The summed E-state index contributed by atoms with van der Waals surface area (Å²) < 4.78 is 12.2. The van der Waals surface area contributed by atoms with Gasteiger partial charge in [0, 0.05) is 0 Å². The third kappa shape index (κ3) is 4.61. The molecule has 2 aromatic carbocycles. The number of rotatable bonds is 4. The molecule has 5 saturated carbocycles. The first kappa shape index (κ1) is 42.2. The second-order valence-electron chi connectivity index (χ2n) is 23.2. The Labute approximate surface area is 360 Å². The zero-order valence-electron chi connectivity index (χ0n) is 37.2. The SMILES string of the molecule is Cl.Cl.[CH2]=[Zr]([CH3])([C]1=CC(C2(C)C3CC4CC(C3)CC2C4)=CC1C)([c]1ccccc1)[C]1(C)C2=C3Cc4ccccc4C3=C3C=CCCC3C2(C)C(C)(C)C(C)(C)C1(C)C. The van der Waals surface area contributed by atoms with Crippen LogP contribution in [0, 0.1) is 62.6 Å². The van der Waals surface area contributed by atoms with Gasteiger partial charge in [0.2, 0.25) is 0 Å². The summed E-state index contributed by atoms with van der Waals surface area (Å²) in [5.74, 6) is 4.52. The molecule has 57 heavy (non-hydrogen) atoms. The Kier molecular flexibility index (Phi) is 9.44. The van der Waals surface area contributed by atoms with E-state index in [0.717, 1.165) is 30.1 Å². The summed E-state index contributed by atoms with van der Waals surface area (Å²) in [5.41, 5.74) is 11.7. The zero-order valence-corrected chi connectivity index (χ0v) is 41.2. The van der Waals surface area contributed by atoms with E-state index in [2.05, 4.69) is 153 Å². The first-order valence-corrected chi connectivity index (χ1v) is 30.4. The second-order valence-corrected chi connectivity index (χ2v) is 38.4. The van der Waals surface area contributed by atoms with Crippen LogP contribution >= 0.6 is 24.8 Å². The van der Waals surface area contributed by atoms with Crippen molar-refractivity contribution in [1.29, 1.82) is 0 Å². The van der Waals surface area contributed by atoms with Crippen LogP contribution in [0.4, 0.5) is 0 Å². The van der Waals surface area contributed by atoms with Gasteiger partial charge in [0.15, 0.2) is 0 Å². The molecular weight excluding hydrogens is 811 g/mol. The fourth-order valence-electron chi connectivity index (χ4n) is 17.2. The minimum absolute atomic E-state index is 0. The molecule has 0 saturated heterocycles. The van der Waals surface area contributed by atoms with Crippen LogP contribution in [-0.4, -0.2) is 4.21 Å². The Morgan fingerprint density at radius 3 is 1.95 bits per heavy atom. The number of hydrogen-bond acceptors (Lipinski definition) is 0. The van der Waals surface area contributed by atoms with Gasteiger partial charge in [-0.25, -0.2) is 0 Å². The van der Waals surface area contributed by atoms with E-state index < -0.39 is 18.3 Å². The molecule has 0 radical (unpaired) electrons. The van der Waals surface area contributed by atoms with E-state index in [1.165, 1.54) is 56.1 Å². The van der Waals surface area contributed by atoms with Crippen LogP contribution in [0.5, 0.6) is 0 Å². The van der Waals surface area contributed by atoms with E-state index in [0.29, 0.717) is 17.3 Å². The number of hydrogen-bond donors (Lipinski definition) is 0. The molecule has 4 unspecified atom stereocenters. The van der Waals surface area contributed by atoms with E-state index in [-0.39, 0.29) is 49.6 Å². The average Bonchev–Trinajstić information content (AvgIpc) is 3.75. The van der Waals surface area contributed by atoms with Gasteiger partial charge in [0.25, 0.3) is 0 Å². The van der Waals surface area contributed by atoms with Crippen LogP contribution in [0.1, 0.15) is 125 Å². The molecule has 4 bridgehead atoms. The van der Waals surface area contributed by atoms with Crippen molar-refractivity contribution >= 4 is 37.9 Å². The Morgan fingerprint density at radius 2 is 1.32 bits per heavy atom. The maximum atomic E-state index is 6.14. The van der Waals surface area contributed by atoms with Crippen molar-refractivity contribution in [2.24, 2.45) is 62.6 Å². The summed E-state index contributed by atoms with van der Waals surface area (Å²) in [6, 6.07) is 21.6. The van der Waals surface area contributed by atoms with Crippen LogP contribution in [-0.2, 0) is 24.7 Å². The van der Waals surface area contributed by atoms with Crippen LogP contribution < -0.4 is 3.27 Å². The Bertz CT molecular complexity index is 2240. The molecule has 3 heteroatoms. The molecule has 2 aromatic rings. The number of benzene rings is 2. The quantitative estimate of drug-likeness (QED) is 0.287. The Morgan fingerprint density at radius 1 is 0.719 bits per heavy atom.